The Bertz CT molecular complexity index is 332. The number of imidazole rings is 1. The van der Waals surface area contributed by atoms with Crippen LogP contribution in [0.25, 0.3) is 0 Å². The quantitative estimate of drug-likeness (QED) is 0.854. The number of rotatable bonds is 6. The monoisotopic (exact) mass is 263 g/mol. The summed E-state index contributed by atoms with van der Waals surface area (Å²) >= 11 is 11.8. The summed E-state index contributed by atoms with van der Waals surface area (Å²) in [7, 11) is 1.87. The fourth-order valence-electron chi connectivity index (χ4n) is 1.63. The third-order valence-electron chi connectivity index (χ3n) is 2.99. The molecule has 0 unspecified atom stereocenters. The second-order valence-electron chi connectivity index (χ2n) is 3.99. The minimum absolute atomic E-state index is 0.435. The van der Waals surface area contributed by atoms with E-state index in [0.29, 0.717) is 17.0 Å². The lowest BCUT2D eigenvalue weighted by Crippen LogP contribution is -2.23. The minimum Gasteiger partial charge on any atom is -0.319 e. The third kappa shape index (κ3) is 3.37. The molecule has 1 rings (SSSR count). The zero-order valence-electron chi connectivity index (χ0n) is 10.1. The molecule has 0 radical (unpaired) electrons. The summed E-state index contributed by atoms with van der Waals surface area (Å²) in [4.78, 5) is 4.00. The van der Waals surface area contributed by atoms with Crippen molar-refractivity contribution in [3.05, 3.63) is 16.1 Å². The SMILES string of the molecule is CCC(CC)CNCc1c(Cl)nc(Cl)n1C. The molecular formula is C11H19Cl2N3. The van der Waals surface area contributed by atoms with Crippen LogP contribution in [-0.4, -0.2) is 16.1 Å². The van der Waals surface area contributed by atoms with E-state index in [2.05, 4.69) is 24.1 Å². The number of hydrogen-bond donors (Lipinski definition) is 1. The molecule has 1 aromatic heterocycles. The zero-order valence-corrected chi connectivity index (χ0v) is 11.6. The largest absolute Gasteiger partial charge is 0.319 e. The van der Waals surface area contributed by atoms with Gasteiger partial charge in [-0.2, -0.15) is 0 Å². The van der Waals surface area contributed by atoms with Crippen molar-refractivity contribution >= 4 is 23.2 Å². The zero-order chi connectivity index (χ0) is 12.1. The van der Waals surface area contributed by atoms with Gasteiger partial charge in [0.25, 0.3) is 0 Å². The Morgan fingerprint density at radius 3 is 2.38 bits per heavy atom. The lowest BCUT2D eigenvalue weighted by atomic mass is 10.0. The van der Waals surface area contributed by atoms with E-state index in [9.17, 15) is 0 Å². The smallest absolute Gasteiger partial charge is 0.204 e. The van der Waals surface area contributed by atoms with Gasteiger partial charge in [-0.05, 0) is 24.1 Å². The first-order valence-electron chi connectivity index (χ1n) is 5.67. The van der Waals surface area contributed by atoms with Crippen molar-refractivity contribution in [2.75, 3.05) is 6.54 Å². The molecule has 0 saturated carbocycles. The highest BCUT2D eigenvalue weighted by molar-refractivity contribution is 6.32. The number of hydrogen-bond acceptors (Lipinski definition) is 2. The number of aromatic nitrogens is 2. The Hall–Kier alpha value is -0.250. The lowest BCUT2D eigenvalue weighted by molar-refractivity contribution is 0.446. The van der Waals surface area contributed by atoms with Gasteiger partial charge in [0.2, 0.25) is 5.28 Å². The van der Waals surface area contributed by atoms with Gasteiger partial charge in [-0.1, -0.05) is 38.3 Å². The number of nitrogens with one attached hydrogen (secondary N) is 1. The van der Waals surface area contributed by atoms with Crippen molar-refractivity contribution in [2.45, 2.75) is 33.2 Å². The predicted octanol–water partition coefficient (Wildman–Crippen LogP) is 3.25. The Balaban J connectivity index is 2.48. The minimum atomic E-state index is 0.435. The van der Waals surface area contributed by atoms with Gasteiger partial charge >= 0.3 is 0 Å². The van der Waals surface area contributed by atoms with Crippen molar-refractivity contribution in [3.8, 4) is 0 Å². The maximum Gasteiger partial charge on any atom is 0.204 e. The maximum atomic E-state index is 5.98. The highest BCUT2D eigenvalue weighted by atomic mass is 35.5. The molecule has 0 fully saturated rings. The number of nitrogens with zero attached hydrogens (tertiary/aromatic N) is 2. The van der Waals surface area contributed by atoms with Gasteiger partial charge in [0, 0.05) is 13.6 Å². The standard InChI is InChI=1S/C11H19Cl2N3/c1-4-8(5-2)6-14-7-9-10(12)15-11(13)16(9)3/h8,14H,4-7H2,1-3H3. The summed E-state index contributed by atoms with van der Waals surface area (Å²) in [5, 5.41) is 4.32. The highest BCUT2D eigenvalue weighted by Crippen LogP contribution is 2.19. The topological polar surface area (TPSA) is 29.9 Å². The lowest BCUT2D eigenvalue weighted by Gasteiger charge is -2.13. The molecule has 0 saturated heterocycles. The van der Waals surface area contributed by atoms with Crippen LogP contribution < -0.4 is 5.32 Å². The van der Waals surface area contributed by atoms with Crippen molar-refractivity contribution in [1.29, 1.82) is 0 Å². The second-order valence-corrected chi connectivity index (χ2v) is 4.69. The molecule has 1 N–H and O–H groups in total. The molecule has 0 atom stereocenters. The van der Waals surface area contributed by atoms with Gasteiger partial charge in [0.15, 0.2) is 5.15 Å². The van der Waals surface area contributed by atoms with E-state index < -0.39 is 0 Å². The first-order chi connectivity index (χ1) is 7.60. The van der Waals surface area contributed by atoms with E-state index >= 15 is 0 Å². The molecule has 5 heteroatoms. The van der Waals surface area contributed by atoms with Crippen LogP contribution in [0.1, 0.15) is 32.4 Å². The van der Waals surface area contributed by atoms with E-state index in [-0.39, 0.29) is 0 Å². The molecule has 1 aromatic rings. The van der Waals surface area contributed by atoms with Crippen LogP contribution in [0.3, 0.4) is 0 Å². The van der Waals surface area contributed by atoms with Crippen LogP contribution in [0.5, 0.6) is 0 Å². The number of halogens is 2. The molecular weight excluding hydrogens is 245 g/mol. The Labute approximate surface area is 107 Å². The molecule has 0 spiro atoms. The molecule has 0 aliphatic rings. The van der Waals surface area contributed by atoms with Crippen molar-refractivity contribution in [2.24, 2.45) is 13.0 Å². The normalized spacial score (nSPS) is 11.4. The molecule has 92 valence electrons. The second kappa shape index (κ2) is 6.48. The average Bonchev–Trinajstić information content (AvgIpc) is 2.50. The summed E-state index contributed by atoms with van der Waals surface area (Å²) < 4.78 is 1.81. The Kier molecular flexibility index (Phi) is 5.59. The van der Waals surface area contributed by atoms with Crippen LogP contribution >= 0.6 is 23.2 Å². The predicted molar refractivity (Wildman–Crippen MR) is 69.0 cm³/mol. The molecule has 0 bridgehead atoms. The first-order valence-corrected chi connectivity index (χ1v) is 6.43. The molecule has 0 aliphatic heterocycles. The van der Waals surface area contributed by atoms with Crippen LogP contribution in [0.2, 0.25) is 10.4 Å². The van der Waals surface area contributed by atoms with Gasteiger partial charge in [-0.25, -0.2) is 4.98 Å². The third-order valence-corrected chi connectivity index (χ3v) is 3.63. The molecule has 1 heterocycles. The molecule has 3 nitrogen and oxygen atoms in total. The van der Waals surface area contributed by atoms with Crippen molar-refractivity contribution < 1.29 is 0 Å². The fourth-order valence-corrected chi connectivity index (χ4v) is 2.14. The van der Waals surface area contributed by atoms with E-state index in [1.165, 1.54) is 12.8 Å². The van der Waals surface area contributed by atoms with Crippen LogP contribution in [0.15, 0.2) is 0 Å². The summed E-state index contributed by atoms with van der Waals surface area (Å²) in [6.07, 6.45) is 2.40. The summed E-state index contributed by atoms with van der Waals surface area (Å²) in [6, 6.07) is 0. The van der Waals surface area contributed by atoms with Crippen LogP contribution in [0, 0.1) is 5.92 Å². The average molecular weight is 264 g/mol. The van der Waals surface area contributed by atoms with Crippen LogP contribution in [0.4, 0.5) is 0 Å². The molecule has 0 amide bonds. The van der Waals surface area contributed by atoms with E-state index in [1.54, 1.807) is 0 Å². The van der Waals surface area contributed by atoms with Gasteiger partial charge in [-0.3, -0.25) is 0 Å². The summed E-state index contributed by atoms with van der Waals surface area (Å²) in [5.41, 5.74) is 0.942. The fraction of sp³-hybridized carbons (Fsp3) is 0.727. The van der Waals surface area contributed by atoms with Gasteiger partial charge in [-0.15, -0.1) is 0 Å². The van der Waals surface area contributed by atoms with Gasteiger partial charge in [0.1, 0.15) is 0 Å². The van der Waals surface area contributed by atoms with E-state index in [0.717, 1.165) is 18.2 Å². The summed E-state index contributed by atoms with van der Waals surface area (Å²) in [6.45, 7) is 6.14. The maximum absolute atomic E-state index is 5.98. The molecule has 0 aliphatic carbocycles. The highest BCUT2D eigenvalue weighted by Gasteiger charge is 2.11. The van der Waals surface area contributed by atoms with Crippen LogP contribution in [-0.2, 0) is 13.6 Å². The Morgan fingerprint density at radius 2 is 1.94 bits per heavy atom. The van der Waals surface area contributed by atoms with Gasteiger partial charge < -0.3 is 9.88 Å². The van der Waals surface area contributed by atoms with Crippen molar-refractivity contribution in [3.63, 3.8) is 0 Å². The first kappa shape index (κ1) is 13.8. The molecule has 16 heavy (non-hydrogen) atoms. The van der Waals surface area contributed by atoms with Crippen molar-refractivity contribution in [1.82, 2.24) is 14.9 Å². The van der Waals surface area contributed by atoms with E-state index in [4.69, 9.17) is 23.2 Å². The Morgan fingerprint density at radius 1 is 1.31 bits per heavy atom. The van der Waals surface area contributed by atoms with E-state index in [1.807, 2.05) is 11.6 Å². The molecule has 0 aromatic carbocycles. The van der Waals surface area contributed by atoms with Gasteiger partial charge in [0.05, 0.1) is 5.69 Å². The summed E-state index contributed by atoms with van der Waals surface area (Å²) in [5.74, 6) is 0.725.